The van der Waals surface area contributed by atoms with E-state index in [4.69, 9.17) is 65.8 Å². The molecule has 97 heavy (non-hydrogen) atoms. The molecule has 0 spiro atoms. The normalized spacial score (nSPS) is 53.7. The van der Waals surface area contributed by atoms with Gasteiger partial charge in [0.05, 0.1) is 62.0 Å². The van der Waals surface area contributed by atoms with Gasteiger partial charge in [-0.15, -0.1) is 0 Å². The standard InChI is InChI=1S/C63H104O33S/c1-21(2)22(3)49-54(91-49)63(9,79)35-11-10-28-27-17-31(30-16-26(96-97(80,81)82)12-14-61(30,7)29(27)13-15-62(28,35)8)87-58-48(78)51(38(68)25(6)86-58)93-59-52(94-55-44(74)41(71)36(66)23(4)84-55)40(70)34(20-83-59)90-60-53(95-56-45(75)42(72)37(67)24(5)85-56)47(77)50(33(19-65)89-60)92-57-46(76)43(73)39(69)32(18-64)88-57/h13,21-28,30-60,64-79H,10-12,14-20H2,1-9H3,(H,80,81,82). The van der Waals surface area contributed by atoms with Crippen LogP contribution in [0, 0.1) is 46.3 Å². The molecule has 17 N–H and O–H groups in total. The molecule has 0 amide bonds. The lowest BCUT2D eigenvalue weighted by Gasteiger charge is -2.60. The minimum absolute atomic E-state index is 0.0268. The summed E-state index contributed by atoms with van der Waals surface area (Å²) in [5.41, 5.74) is -1.05. The fourth-order valence-electron chi connectivity index (χ4n) is 17.7. The summed E-state index contributed by atoms with van der Waals surface area (Å²) >= 11 is 0. The number of ether oxygens (including phenoxy) is 13. The van der Waals surface area contributed by atoms with Crippen molar-refractivity contribution >= 4 is 10.4 Å². The molecule has 7 heterocycles. The highest BCUT2D eigenvalue weighted by Gasteiger charge is 2.67. The van der Waals surface area contributed by atoms with Gasteiger partial charge in [0.25, 0.3) is 0 Å². The van der Waals surface area contributed by atoms with Crippen LogP contribution in [0.25, 0.3) is 0 Å². The lowest BCUT2D eigenvalue weighted by Crippen LogP contribution is -2.68. The Hall–Kier alpha value is -1.55. The minimum Gasteiger partial charge on any atom is -0.394 e. The number of allylic oxidation sites excluding steroid dienone is 2. The minimum atomic E-state index is -4.91. The molecule has 34 heteroatoms. The second kappa shape index (κ2) is 29.4. The van der Waals surface area contributed by atoms with E-state index in [2.05, 4.69) is 40.7 Å². The highest BCUT2D eigenvalue weighted by molar-refractivity contribution is 7.80. The summed E-state index contributed by atoms with van der Waals surface area (Å²) in [6, 6.07) is 0. The molecule has 10 fully saturated rings. The molecule has 11 rings (SSSR count). The van der Waals surface area contributed by atoms with Crippen LogP contribution in [0.2, 0.25) is 0 Å². The van der Waals surface area contributed by atoms with Gasteiger partial charge in [0, 0.05) is 0 Å². The second-order valence-electron chi connectivity index (χ2n) is 30.2. The van der Waals surface area contributed by atoms with Crippen LogP contribution in [0.3, 0.4) is 0 Å². The summed E-state index contributed by atoms with van der Waals surface area (Å²) in [4.78, 5) is 0. The van der Waals surface area contributed by atoms with Gasteiger partial charge in [-0.25, -0.2) is 4.18 Å². The van der Waals surface area contributed by atoms with E-state index < -0.39 is 243 Å². The van der Waals surface area contributed by atoms with Gasteiger partial charge < -0.3 is 143 Å². The molecule has 33 nitrogen and oxygen atoms in total. The van der Waals surface area contributed by atoms with Crippen molar-refractivity contribution in [1.29, 1.82) is 0 Å². The second-order valence-corrected chi connectivity index (χ2v) is 31.2. The quantitative estimate of drug-likeness (QED) is 0.0309. The van der Waals surface area contributed by atoms with E-state index in [1.165, 1.54) is 26.3 Å². The van der Waals surface area contributed by atoms with E-state index in [-0.39, 0.29) is 48.7 Å². The number of fused-ring (bicyclic) bond motifs is 5. The maximum Gasteiger partial charge on any atom is 0.397 e. The Labute approximate surface area is 562 Å². The smallest absolute Gasteiger partial charge is 0.394 e. The molecular formula is C63H104O33S. The van der Waals surface area contributed by atoms with Gasteiger partial charge in [0.1, 0.15) is 128 Å². The van der Waals surface area contributed by atoms with E-state index >= 15 is 0 Å². The first-order valence-electron chi connectivity index (χ1n) is 34.1. The van der Waals surface area contributed by atoms with Crippen LogP contribution in [0.15, 0.2) is 11.6 Å². The monoisotopic (exact) mass is 1420 g/mol. The molecule has 7 aliphatic heterocycles. The molecule has 0 radical (unpaired) electrons. The predicted octanol–water partition coefficient (Wildman–Crippen LogP) is -4.80. The first-order chi connectivity index (χ1) is 45.4. The van der Waals surface area contributed by atoms with Crippen LogP contribution in [-0.2, 0) is 76.2 Å². The largest absolute Gasteiger partial charge is 0.397 e. The van der Waals surface area contributed by atoms with Gasteiger partial charge in [-0.1, -0.05) is 46.3 Å². The maximum atomic E-state index is 12.6. The molecule has 41 unspecified atom stereocenters. The molecule has 11 aliphatic rings. The summed E-state index contributed by atoms with van der Waals surface area (Å²) in [5.74, 6) is -0.224. The van der Waals surface area contributed by atoms with Crippen molar-refractivity contribution in [1.82, 2.24) is 0 Å². The molecule has 41 atom stereocenters. The summed E-state index contributed by atoms with van der Waals surface area (Å²) in [6.07, 6.45) is -49.1. The topological polar surface area (TPSA) is 511 Å². The first kappa shape index (κ1) is 76.6. The number of rotatable bonds is 20. The third kappa shape index (κ3) is 14.6. The average Bonchev–Trinajstić information content (AvgIpc) is 1.67. The maximum absolute atomic E-state index is 12.6. The van der Waals surface area contributed by atoms with Crippen LogP contribution < -0.4 is 0 Å². The molecule has 0 aromatic carbocycles. The van der Waals surface area contributed by atoms with Crippen molar-refractivity contribution in [3.63, 3.8) is 0 Å². The van der Waals surface area contributed by atoms with Crippen molar-refractivity contribution in [3.05, 3.63) is 11.6 Å². The van der Waals surface area contributed by atoms with E-state index in [1.54, 1.807) is 0 Å². The predicted molar refractivity (Wildman–Crippen MR) is 322 cm³/mol. The van der Waals surface area contributed by atoms with Gasteiger partial charge in [-0.3, -0.25) is 4.55 Å². The number of hydrogen-bond donors (Lipinski definition) is 17. The molecule has 7 saturated heterocycles. The van der Waals surface area contributed by atoms with Crippen LogP contribution in [-0.4, -0.2) is 323 Å². The SMILES string of the molecule is CC(C)C(C)C1OC1C(C)(O)C1CCC2C3CC(OC4OC(C)C(O)C(OC5OCC(OC6OC(CO)C(OC7OC(CO)C(O)C(O)C7O)C(O)C6OC6OC(C)C(O)C(O)C6O)C(O)C5OC5OC(C)C(O)C(O)C5O)C4O)C4CC(OS(=O)(=O)O)CCC4(C)C3=CCC21C. The van der Waals surface area contributed by atoms with Gasteiger partial charge in [0.2, 0.25) is 0 Å². The van der Waals surface area contributed by atoms with Crippen molar-refractivity contribution in [2.75, 3.05) is 19.8 Å². The Morgan fingerprint density at radius 3 is 1.64 bits per heavy atom. The molecule has 0 aromatic rings. The molecule has 3 saturated carbocycles. The average molecular weight is 1420 g/mol. The van der Waals surface area contributed by atoms with Crippen molar-refractivity contribution < 1.29 is 160 Å². The van der Waals surface area contributed by atoms with Gasteiger partial charge >= 0.3 is 10.4 Å². The fourth-order valence-corrected chi connectivity index (χ4v) is 18.2. The lowest BCUT2D eigenvalue weighted by atomic mass is 9.47. The van der Waals surface area contributed by atoms with E-state index in [1.807, 2.05) is 6.92 Å². The molecule has 560 valence electrons. The summed E-state index contributed by atoms with van der Waals surface area (Å²) < 4.78 is 120. The number of epoxide rings is 1. The van der Waals surface area contributed by atoms with Crippen molar-refractivity contribution in [2.45, 2.75) is 315 Å². The van der Waals surface area contributed by atoms with E-state index in [0.717, 1.165) is 6.42 Å². The van der Waals surface area contributed by atoms with Gasteiger partial charge in [-0.2, -0.15) is 8.42 Å². The Bertz CT molecular complexity index is 2790. The number of hydrogen-bond acceptors (Lipinski definition) is 32. The zero-order chi connectivity index (χ0) is 70.8. The zero-order valence-electron chi connectivity index (χ0n) is 55.7. The fraction of sp³-hybridized carbons (Fsp3) is 0.968. The first-order valence-corrected chi connectivity index (χ1v) is 35.4. The lowest BCUT2D eigenvalue weighted by molar-refractivity contribution is -0.406. The molecular weight excluding hydrogens is 1320 g/mol. The van der Waals surface area contributed by atoms with Crippen LogP contribution in [0.5, 0.6) is 0 Å². The number of aliphatic hydroxyl groups is 16. The Morgan fingerprint density at radius 1 is 0.546 bits per heavy atom. The highest BCUT2D eigenvalue weighted by atomic mass is 32.3. The summed E-state index contributed by atoms with van der Waals surface area (Å²) in [5, 5.41) is 180. The van der Waals surface area contributed by atoms with Crippen molar-refractivity contribution in [2.24, 2.45) is 46.3 Å². The Balaban J connectivity index is 0.864. The molecule has 4 aliphatic carbocycles. The zero-order valence-corrected chi connectivity index (χ0v) is 56.5. The van der Waals surface area contributed by atoms with E-state index in [0.29, 0.717) is 31.6 Å². The summed E-state index contributed by atoms with van der Waals surface area (Å²) in [7, 11) is -4.91. The van der Waals surface area contributed by atoms with Crippen LogP contribution in [0.4, 0.5) is 0 Å². The third-order valence-corrected chi connectivity index (χ3v) is 24.4. The van der Waals surface area contributed by atoms with Crippen LogP contribution >= 0.6 is 0 Å². The molecule has 0 bridgehead atoms. The Morgan fingerprint density at radius 2 is 1.06 bits per heavy atom. The molecule has 0 aromatic heterocycles. The highest BCUT2D eigenvalue weighted by Crippen LogP contribution is 2.68. The van der Waals surface area contributed by atoms with E-state index in [9.17, 15) is 94.7 Å². The number of aliphatic hydroxyl groups excluding tert-OH is 15. The van der Waals surface area contributed by atoms with Crippen LogP contribution in [0.1, 0.15) is 107 Å². The Kier molecular flexibility index (Phi) is 23.2. The van der Waals surface area contributed by atoms with Gasteiger partial charge in [0.15, 0.2) is 37.7 Å². The summed E-state index contributed by atoms with van der Waals surface area (Å²) in [6.45, 7) is 14.1. The third-order valence-electron chi connectivity index (χ3n) is 23.8. The van der Waals surface area contributed by atoms with Crippen molar-refractivity contribution in [3.8, 4) is 0 Å². The van der Waals surface area contributed by atoms with Gasteiger partial charge in [-0.05, 0) is 119 Å².